The van der Waals surface area contributed by atoms with E-state index in [4.69, 9.17) is 4.74 Å². The van der Waals surface area contributed by atoms with Gasteiger partial charge in [0.1, 0.15) is 5.75 Å². The van der Waals surface area contributed by atoms with Crippen molar-refractivity contribution in [3.8, 4) is 5.75 Å². The van der Waals surface area contributed by atoms with E-state index in [2.05, 4.69) is 21.2 Å². The highest BCUT2D eigenvalue weighted by molar-refractivity contribution is 9.10. The third-order valence-corrected chi connectivity index (χ3v) is 5.68. The molecular formula is C17H19BrN2O4S. The summed E-state index contributed by atoms with van der Waals surface area (Å²) in [6.45, 7) is 2.16. The van der Waals surface area contributed by atoms with Crippen LogP contribution in [0.25, 0.3) is 0 Å². The number of carbonyl (C=O) groups is 1. The Morgan fingerprint density at radius 2 is 1.72 bits per heavy atom. The van der Waals surface area contributed by atoms with Crippen LogP contribution in [-0.2, 0) is 14.8 Å². The summed E-state index contributed by atoms with van der Waals surface area (Å²) < 4.78 is 32.0. The topological polar surface area (TPSA) is 75.7 Å². The summed E-state index contributed by atoms with van der Waals surface area (Å²) in [6, 6.07) is 13.1. The summed E-state index contributed by atoms with van der Waals surface area (Å²) in [5.74, 6) is 0.280. The minimum atomic E-state index is -3.73. The summed E-state index contributed by atoms with van der Waals surface area (Å²) in [5, 5.41) is 2.67. The van der Waals surface area contributed by atoms with E-state index in [1.54, 1.807) is 36.4 Å². The number of sulfonamides is 1. The van der Waals surface area contributed by atoms with Crippen molar-refractivity contribution in [2.24, 2.45) is 0 Å². The van der Waals surface area contributed by atoms with Crippen molar-refractivity contribution in [1.29, 1.82) is 0 Å². The van der Waals surface area contributed by atoms with Gasteiger partial charge in [-0.2, -0.15) is 4.31 Å². The van der Waals surface area contributed by atoms with Gasteiger partial charge in [-0.3, -0.25) is 4.79 Å². The van der Waals surface area contributed by atoms with Gasteiger partial charge in [0.05, 0.1) is 18.0 Å². The molecule has 0 saturated heterocycles. The van der Waals surface area contributed by atoms with Crippen LogP contribution in [0.4, 0.5) is 5.69 Å². The van der Waals surface area contributed by atoms with E-state index in [0.29, 0.717) is 18.0 Å². The summed E-state index contributed by atoms with van der Waals surface area (Å²) in [4.78, 5) is 12.2. The number of carbonyl (C=O) groups excluding carboxylic acids is 1. The van der Waals surface area contributed by atoms with Gasteiger partial charge in [0.25, 0.3) is 0 Å². The maximum atomic E-state index is 12.5. The quantitative estimate of drug-likeness (QED) is 0.737. The van der Waals surface area contributed by atoms with Crippen molar-refractivity contribution in [2.45, 2.75) is 11.8 Å². The SMILES string of the molecule is CCOc1ccc(NC(=O)CN(C)S(=O)(=O)c2ccc(Br)cc2)cc1. The third kappa shape index (κ3) is 5.29. The Bertz CT molecular complexity index is 821. The largest absolute Gasteiger partial charge is 0.494 e. The summed E-state index contributed by atoms with van der Waals surface area (Å²) in [6.07, 6.45) is 0. The number of amides is 1. The molecule has 25 heavy (non-hydrogen) atoms. The Hall–Kier alpha value is -1.90. The molecule has 0 bridgehead atoms. The van der Waals surface area contributed by atoms with Crippen LogP contribution in [0.5, 0.6) is 5.75 Å². The highest BCUT2D eigenvalue weighted by atomic mass is 79.9. The zero-order chi connectivity index (χ0) is 18.4. The molecule has 1 N–H and O–H groups in total. The van der Waals surface area contributed by atoms with E-state index in [1.165, 1.54) is 19.2 Å². The maximum Gasteiger partial charge on any atom is 0.243 e. The number of rotatable bonds is 7. The first-order valence-electron chi connectivity index (χ1n) is 7.57. The molecular weight excluding hydrogens is 408 g/mol. The molecule has 134 valence electrons. The lowest BCUT2D eigenvalue weighted by atomic mass is 10.3. The standard InChI is InChI=1S/C17H19BrN2O4S/c1-3-24-15-8-6-14(7-9-15)19-17(21)12-20(2)25(22,23)16-10-4-13(18)5-11-16/h4-11H,3,12H2,1-2H3,(H,19,21). The first-order valence-corrected chi connectivity index (χ1v) is 9.81. The van der Waals surface area contributed by atoms with Crippen LogP contribution >= 0.6 is 15.9 Å². The molecule has 2 aromatic carbocycles. The van der Waals surface area contributed by atoms with Gasteiger partial charge in [0.2, 0.25) is 15.9 Å². The number of ether oxygens (including phenoxy) is 1. The molecule has 0 fully saturated rings. The van der Waals surface area contributed by atoms with E-state index in [-0.39, 0.29) is 11.4 Å². The number of anilines is 1. The van der Waals surface area contributed by atoms with Gasteiger partial charge in [0.15, 0.2) is 0 Å². The molecule has 8 heteroatoms. The van der Waals surface area contributed by atoms with Gasteiger partial charge in [-0.05, 0) is 55.5 Å². The summed E-state index contributed by atoms with van der Waals surface area (Å²) in [5.41, 5.74) is 0.572. The second-order valence-corrected chi connectivity index (χ2v) is 8.18. The average molecular weight is 427 g/mol. The van der Waals surface area contributed by atoms with Crippen LogP contribution in [0.2, 0.25) is 0 Å². The monoisotopic (exact) mass is 426 g/mol. The van der Waals surface area contributed by atoms with Crippen molar-refractivity contribution >= 4 is 37.5 Å². The Labute approximate surface area is 156 Å². The van der Waals surface area contributed by atoms with Crippen LogP contribution in [-0.4, -0.2) is 38.8 Å². The van der Waals surface area contributed by atoms with E-state index in [0.717, 1.165) is 8.78 Å². The van der Waals surface area contributed by atoms with Crippen molar-refractivity contribution in [3.63, 3.8) is 0 Å². The highest BCUT2D eigenvalue weighted by Gasteiger charge is 2.22. The molecule has 0 aliphatic rings. The zero-order valence-electron chi connectivity index (χ0n) is 13.9. The Balaban J connectivity index is 2.00. The number of likely N-dealkylation sites (N-methyl/N-ethyl adjacent to an activating group) is 1. The van der Waals surface area contributed by atoms with Crippen molar-refractivity contribution in [3.05, 3.63) is 53.0 Å². The third-order valence-electron chi connectivity index (χ3n) is 3.34. The number of hydrogen-bond donors (Lipinski definition) is 1. The highest BCUT2D eigenvalue weighted by Crippen LogP contribution is 2.18. The normalized spacial score (nSPS) is 11.4. The lowest BCUT2D eigenvalue weighted by Crippen LogP contribution is -2.34. The van der Waals surface area contributed by atoms with Crippen LogP contribution < -0.4 is 10.1 Å². The van der Waals surface area contributed by atoms with Crippen LogP contribution in [0.3, 0.4) is 0 Å². The number of benzene rings is 2. The summed E-state index contributed by atoms with van der Waals surface area (Å²) in [7, 11) is -2.36. The minimum absolute atomic E-state index is 0.132. The fourth-order valence-corrected chi connectivity index (χ4v) is 3.47. The lowest BCUT2D eigenvalue weighted by Gasteiger charge is -2.17. The molecule has 2 aromatic rings. The van der Waals surface area contributed by atoms with Gasteiger partial charge >= 0.3 is 0 Å². The number of halogens is 1. The molecule has 0 unspecified atom stereocenters. The number of nitrogens with one attached hydrogen (secondary N) is 1. The van der Waals surface area contributed by atoms with Crippen molar-refractivity contribution in [1.82, 2.24) is 4.31 Å². The molecule has 0 aromatic heterocycles. The second-order valence-electron chi connectivity index (χ2n) is 5.22. The maximum absolute atomic E-state index is 12.5. The fourth-order valence-electron chi connectivity index (χ4n) is 2.08. The molecule has 0 radical (unpaired) electrons. The van der Waals surface area contributed by atoms with Crippen LogP contribution in [0, 0.1) is 0 Å². The number of hydrogen-bond acceptors (Lipinski definition) is 4. The van der Waals surface area contributed by atoms with Gasteiger partial charge in [0, 0.05) is 17.2 Å². The van der Waals surface area contributed by atoms with Gasteiger partial charge in [-0.1, -0.05) is 15.9 Å². The molecule has 6 nitrogen and oxygen atoms in total. The van der Waals surface area contributed by atoms with E-state index in [1.807, 2.05) is 6.92 Å². The molecule has 2 rings (SSSR count). The fraction of sp³-hybridized carbons (Fsp3) is 0.235. The molecule has 0 atom stereocenters. The van der Waals surface area contributed by atoms with Crippen LogP contribution in [0.1, 0.15) is 6.92 Å². The number of nitrogens with zero attached hydrogens (tertiary/aromatic N) is 1. The second kappa shape index (κ2) is 8.46. The first kappa shape index (κ1) is 19.4. The van der Waals surface area contributed by atoms with Gasteiger partial charge in [-0.15, -0.1) is 0 Å². The molecule has 0 spiro atoms. The Kier molecular flexibility index (Phi) is 6.57. The molecule has 0 aliphatic carbocycles. The van der Waals surface area contributed by atoms with E-state index < -0.39 is 15.9 Å². The van der Waals surface area contributed by atoms with E-state index in [9.17, 15) is 13.2 Å². The van der Waals surface area contributed by atoms with E-state index >= 15 is 0 Å². The Morgan fingerprint density at radius 1 is 1.12 bits per heavy atom. The van der Waals surface area contributed by atoms with Crippen molar-refractivity contribution < 1.29 is 17.9 Å². The first-order chi connectivity index (χ1) is 11.8. The minimum Gasteiger partial charge on any atom is -0.494 e. The predicted molar refractivity (Wildman–Crippen MR) is 100 cm³/mol. The zero-order valence-corrected chi connectivity index (χ0v) is 16.3. The van der Waals surface area contributed by atoms with Crippen LogP contribution in [0.15, 0.2) is 57.9 Å². The van der Waals surface area contributed by atoms with Gasteiger partial charge in [-0.25, -0.2) is 8.42 Å². The predicted octanol–water partition coefficient (Wildman–Crippen LogP) is 3.11. The average Bonchev–Trinajstić information content (AvgIpc) is 2.57. The Morgan fingerprint density at radius 3 is 2.28 bits per heavy atom. The summed E-state index contributed by atoms with van der Waals surface area (Å²) >= 11 is 3.26. The molecule has 1 amide bonds. The molecule has 0 aliphatic heterocycles. The molecule has 0 saturated carbocycles. The molecule has 0 heterocycles. The smallest absolute Gasteiger partial charge is 0.243 e. The van der Waals surface area contributed by atoms with Gasteiger partial charge < -0.3 is 10.1 Å². The lowest BCUT2D eigenvalue weighted by molar-refractivity contribution is -0.116. The van der Waals surface area contributed by atoms with Crippen molar-refractivity contribution in [2.75, 3.05) is 25.5 Å².